The summed E-state index contributed by atoms with van der Waals surface area (Å²) in [7, 11) is 1.53. The maximum absolute atomic E-state index is 12.9. The predicted molar refractivity (Wildman–Crippen MR) is 58.0 cm³/mol. The van der Waals surface area contributed by atoms with Crippen LogP contribution in [0.1, 0.15) is 26.7 Å². The average Bonchev–Trinajstić information content (AvgIpc) is 2.78. The van der Waals surface area contributed by atoms with Crippen LogP contribution < -0.4 is 5.73 Å². The van der Waals surface area contributed by atoms with Gasteiger partial charge in [0.25, 0.3) is 0 Å². The van der Waals surface area contributed by atoms with Gasteiger partial charge in [-0.25, -0.2) is 0 Å². The second-order valence-corrected chi connectivity index (χ2v) is 4.97. The normalized spacial score (nSPS) is 29.2. The molecule has 0 aliphatic heterocycles. The van der Waals surface area contributed by atoms with E-state index in [9.17, 15) is 13.2 Å². The van der Waals surface area contributed by atoms with Gasteiger partial charge < -0.3 is 5.73 Å². The van der Waals surface area contributed by atoms with E-state index in [0.29, 0.717) is 24.8 Å². The Hall–Kier alpha value is -0.290. The van der Waals surface area contributed by atoms with Crippen LogP contribution in [-0.4, -0.2) is 36.8 Å². The first-order valence-electron chi connectivity index (χ1n) is 5.79. The van der Waals surface area contributed by atoms with Crippen LogP contribution >= 0.6 is 0 Å². The lowest BCUT2D eigenvalue weighted by molar-refractivity contribution is -0.186. The van der Waals surface area contributed by atoms with Crippen molar-refractivity contribution in [3.63, 3.8) is 0 Å². The lowest BCUT2D eigenvalue weighted by Gasteiger charge is -2.33. The fourth-order valence-electron chi connectivity index (χ4n) is 2.18. The van der Waals surface area contributed by atoms with Gasteiger partial charge in [-0.2, -0.15) is 13.2 Å². The Morgan fingerprint density at radius 1 is 1.44 bits per heavy atom. The lowest BCUT2D eigenvalue weighted by atomic mass is 10.0. The maximum atomic E-state index is 12.9. The molecule has 0 heterocycles. The van der Waals surface area contributed by atoms with Crippen molar-refractivity contribution in [2.24, 2.45) is 17.6 Å². The SMILES string of the molecule is CCC(N)C(N(C)CC1CC1C)C(F)(F)F. The van der Waals surface area contributed by atoms with Crippen LogP contribution in [0.5, 0.6) is 0 Å². The van der Waals surface area contributed by atoms with Crippen LogP contribution in [0, 0.1) is 11.8 Å². The summed E-state index contributed by atoms with van der Waals surface area (Å²) in [5, 5.41) is 0. The highest BCUT2D eigenvalue weighted by atomic mass is 19.4. The van der Waals surface area contributed by atoms with E-state index in [0.717, 1.165) is 6.42 Å². The Morgan fingerprint density at radius 2 is 1.94 bits per heavy atom. The molecule has 0 aromatic carbocycles. The molecule has 5 heteroatoms. The molecule has 16 heavy (non-hydrogen) atoms. The molecule has 1 aliphatic rings. The van der Waals surface area contributed by atoms with Crippen LogP contribution in [0.3, 0.4) is 0 Å². The molecule has 2 N–H and O–H groups in total. The van der Waals surface area contributed by atoms with Gasteiger partial charge in [-0.3, -0.25) is 4.90 Å². The topological polar surface area (TPSA) is 29.3 Å². The summed E-state index contributed by atoms with van der Waals surface area (Å²) >= 11 is 0. The maximum Gasteiger partial charge on any atom is 0.405 e. The highest BCUT2D eigenvalue weighted by Crippen LogP contribution is 2.39. The number of hydrogen-bond acceptors (Lipinski definition) is 2. The Labute approximate surface area is 95.0 Å². The zero-order chi connectivity index (χ0) is 12.5. The number of hydrogen-bond donors (Lipinski definition) is 1. The molecule has 0 saturated heterocycles. The van der Waals surface area contributed by atoms with Gasteiger partial charge in [0.05, 0.1) is 0 Å². The van der Waals surface area contributed by atoms with Crippen LogP contribution in [0.4, 0.5) is 13.2 Å². The summed E-state index contributed by atoms with van der Waals surface area (Å²) in [6.45, 7) is 4.26. The molecular formula is C11H21F3N2. The van der Waals surface area contributed by atoms with Gasteiger partial charge in [0.2, 0.25) is 0 Å². The van der Waals surface area contributed by atoms with Gasteiger partial charge in [0.15, 0.2) is 0 Å². The fraction of sp³-hybridized carbons (Fsp3) is 1.00. The van der Waals surface area contributed by atoms with Crippen molar-refractivity contribution in [3.05, 3.63) is 0 Å². The lowest BCUT2D eigenvalue weighted by Crippen LogP contribution is -2.55. The zero-order valence-corrected chi connectivity index (χ0v) is 10.1. The predicted octanol–water partition coefficient (Wildman–Crippen LogP) is 2.24. The molecule has 0 radical (unpaired) electrons. The molecule has 0 aromatic heterocycles. The number of nitrogens with zero attached hydrogens (tertiary/aromatic N) is 1. The summed E-state index contributed by atoms with van der Waals surface area (Å²) in [6.07, 6.45) is -2.85. The molecule has 1 fully saturated rings. The second-order valence-electron chi connectivity index (χ2n) is 4.97. The molecule has 0 aromatic rings. The van der Waals surface area contributed by atoms with Crippen molar-refractivity contribution in [1.29, 1.82) is 0 Å². The third kappa shape index (κ3) is 3.35. The first-order valence-corrected chi connectivity index (χ1v) is 5.79. The van der Waals surface area contributed by atoms with Crippen molar-refractivity contribution in [2.45, 2.75) is 44.9 Å². The molecule has 4 unspecified atom stereocenters. The molecular weight excluding hydrogens is 217 g/mol. The van der Waals surface area contributed by atoms with E-state index in [1.807, 2.05) is 0 Å². The first-order chi connectivity index (χ1) is 7.27. The summed E-state index contributed by atoms with van der Waals surface area (Å²) in [4.78, 5) is 1.38. The standard InChI is InChI=1S/C11H21F3N2/c1-4-9(15)10(11(12,13)14)16(3)6-8-5-7(8)2/h7-10H,4-6,15H2,1-3H3. The average molecular weight is 238 g/mol. The summed E-state index contributed by atoms with van der Waals surface area (Å²) in [5.74, 6) is 0.980. The Morgan fingerprint density at radius 3 is 2.25 bits per heavy atom. The number of alkyl halides is 3. The quantitative estimate of drug-likeness (QED) is 0.796. The second kappa shape index (κ2) is 4.92. The number of likely N-dealkylation sites (N-methyl/N-ethyl adjacent to an activating group) is 1. The minimum Gasteiger partial charge on any atom is -0.326 e. The van der Waals surface area contributed by atoms with E-state index in [1.54, 1.807) is 6.92 Å². The van der Waals surface area contributed by atoms with Crippen molar-refractivity contribution in [2.75, 3.05) is 13.6 Å². The van der Waals surface area contributed by atoms with E-state index >= 15 is 0 Å². The Kier molecular flexibility index (Phi) is 4.23. The Bertz CT molecular complexity index is 230. The summed E-state index contributed by atoms with van der Waals surface area (Å²) < 4.78 is 38.6. The summed E-state index contributed by atoms with van der Waals surface area (Å²) in [5.41, 5.74) is 5.57. The molecule has 0 bridgehead atoms. The zero-order valence-electron chi connectivity index (χ0n) is 10.1. The van der Waals surface area contributed by atoms with Crippen molar-refractivity contribution in [3.8, 4) is 0 Å². The van der Waals surface area contributed by atoms with E-state index in [4.69, 9.17) is 5.73 Å². The fourth-order valence-corrected chi connectivity index (χ4v) is 2.18. The van der Waals surface area contributed by atoms with E-state index in [-0.39, 0.29) is 0 Å². The Balaban J connectivity index is 2.60. The van der Waals surface area contributed by atoms with Crippen LogP contribution in [0.25, 0.3) is 0 Å². The number of rotatable bonds is 5. The number of nitrogens with two attached hydrogens (primary N) is 1. The minimum absolute atomic E-state index is 0.342. The third-order valence-corrected chi connectivity index (χ3v) is 3.49. The molecule has 1 rings (SSSR count). The molecule has 0 spiro atoms. The smallest absolute Gasteiger partial charge is 0.326 e. The molecule has 1 saturated carbocycles. The van der Waals surface area contributed by atoms with Crippen molar-refractivity contribution < 1.29 is 13.2 Å². The van der Waals surface area contributed by atoms with Crippen molar-refractivity contribution in [1.82, 2.24) is 4.90 Å². The highest BCUT2D eigenvalue weighted by molar-refractivity contribution is 4.91. The minimum atomic E-state index is -4.23. The third-order valence-electron chi connectivity index (χ3n) is 3.49. The monoisotopic (exact) mass is 238 g/mol. The molecule has 1 aliphatic carbocycles. The first kappa shape index (κ1) is 13.8. The molecule has 96 valence electrons. The van der Waals surface area contributed by atoms with Crippen LogP contribution in [0.15, 0.2) is 0 Å². The van der Waals surface area contributed by atoms with Gasteiger partial charge in [0.1, 0.15) is 6.04 Å². The number of halogens is 3. The van der Waals surface area contributed by atoms with E-state index in [2.05, 4.69) is 6.92 Å². The highest BCUT2D eigenvalue weighted by Gasteiger charge is 2.47. The molecule has 4 atom stereocenters. The van der Waals surface area contributed by atoms with Crippen molar-refractivity contribution >= 4 is 0 Å². The van der Waals surface area contributed by atoms with E-state index in [1.165, 1.54) is 11.9 Å². The molecule has 0 amide bonds. The summed E-state index contributed by atoms with van der Waals surface area (Å²) in [6, 6.07) is -2.34. The van der Waals surface area contributed by atoms with Gasteiger partial charge in [0, 0.05) is 12.6 Å². The van der Waals surface area contributed by atoms with Gasteiger partial charge in [-0.15, -0.1) is 0 Å². The van der Waals surface area contributed by atoms with Crippen LogP contribution in [0.2, 0.25) is 0 Å². The van der Waals surface area contributed by atoms with E-state index < -0.39 is 18.3 Å². The van der Waals surface area contributed by atoms with Gasteiger partial charge in [-0.05, 0) is 31.7 Å². The van der Waals surface area contributed by atoms with Crippen LogP contribution in [-0.2, 0) is 0 Å². The molecule has 2 nitrogen and oxygen atoms in total. The largest absolute Gasteiger partial charge is 0.405 e. The van der Waals surface area contributed by atoms with Gasteiger partial charge >= 0.3 is 6.18 Å². The van der Waals surface area contributed by atoms with Gasteiger partial charge in [-0.1, -0.05) is 13.8 Å².